The molecule has 4 aliphatic heterocycles. The van der Waals surface area contributed by atoms with Crippen molar-refractivity contribution in [3.8, 4) is 0 Å². The van der Waals surface area contributed by atoms with Crippen LogP contribution in [0.5, 0.6) is 0 Å². The highest BCUT2D eigenvalue weighted by Crippen LogP contribution is 2.31. The molecule has 0 amide bonds. The van der Waals surface area contributed by atoms with Crippen LogP contribution in [0.1, 0.15) is 104 Å². The van der Waals surface area contributed by atoms with E-state index in [1.807, 2.05) is 0 Å². The number of carbonyl (C=O) groups excluding carboxylic acids is 3. The third-order valence-corrected chi connectivity index (χ3v) is 8.71. The molecule has 0 spiro atoms. The second-order valence-electron chi connectivity index (χ2n) is 12.8. The molecule has 10 atom stereocenters. The van der Waals surface area contributed by atoms with Gasteiger partial charge in [-0.3, -0.25) is 14.4 Å². The predicted octanol–water partition coefficient (Wildman–Crippen LogP) is 2.35. The van der Waals surface area contributed by atoms with Crippen LogP contribution >= 0.6 is 0 Å². The SMILES string of the molecule is CC(=O)OC[C@H]1O[C@H]2OCCCCCCCC/C=C\CCCCCCCC(=O)O[C@H]3[C@H](O)[C@@H](O)[C@H](O[C@@H]2[C@@H](O)[C@@H]1O)O[C@@H]3COC(C)=O. The minimum Gasteiger partial charge on any atom is -0.463 e. The van der Waals surface area contributed by atoms with E-state index in [1.165, 1.54) is 13.8 Å². The first kappa shape index (κ1) is 40.3. The summed E-state index contributed by atoms with van der Waals surface area (Å²) >= 11 is 0. The van der Waals surface area contributed by atoms with E-state index in [-0.39, 0.29) is 19.6 Å². The highest BCUT2D eigenvalue weighted by molar-refractivity contribution is 5.69. The van der Waals surface area contributed by atoms with Crippen molar-refractivity contribution < 1.29 is 68.0 Å². The zero-order valence-corrected chi connectivity index (χ0v) is 28.3. The second kappa shape index (κ2) is 21.8. The van der Waals surface area contributed by atoms with Gasteiger partial charge in [0.2, 0.25) is 0 Å². The van der Waals surface area contributed by atoms with Crippen molar-refractivity contribution >= 4 is 17.9 Å². The Hall–Kier alpha value is -2.17. The normalized spacial score (nSPS) is 36.5. The van der Waals surface area contributed by atoms with Crippen LogP contribution in [0, 0.1) is 0 Å². The smallest absolute Gasteiger partial charge is 0.306 e. The Bertz CT molecular complexity index is 991. The number of allylic oxidation sites excluding steroid dienone is 2. The molecule has 4 heterocycles. The molecule has 4 aliphatic rings. The van der Waals surface area contributed by atoms with Crippen molar-refractivity contribution in [1.29, 1.82) is 0 Å². The molecule has 14 nitrogen and oxygen atoms in total. The summed E-state index contributed by atoms with van der Waals surface area (Å²) in [5.74, 6) is -1.85. The molecule has 4 N–H and O–H groups in total. The lowest BCUT2D eigenvalue weighted by atomic mass is 9.97. The first-order valence-corrected chi connectivity index (χ1v) is 17.5. The molecule has 2 fully saturated rings. The molecule has 0 aliphatic carbocycles. The summed E-state index contributed by atoms with van der Waals surface area (Å²) in [6.07, 6.45) is 2.32. The quantitative estimate of drug-likeness (QED) is 0.191. The standard InChI is InChI=1S/C34H56O14/c1-22(35)43-20-24-27(38)28(39)32-34(45-24)42-19-17-15-13-11-9-7-5-3-4-6-8-10-12-14-16-18-26(37)47-31-25(21-44-23(2)36)46-33(48-32)30(41)29(31)40/h3-4,24-25,27-34,38-41H,5-21H2,1-2H3/b4-3-/t24-,25-,27-,28+,29-,30-,31-,32-,33+,34-/m1/s1. The van der Waals surface area contributed by atoms with E-state index in [1.54, 1.807) is 0 Å². The van der Waals surface area contributed by atoms with Gasteiger partial charge in [0.1, 0.15) is 55.9 Å². The van der Waals surface area contributed by atoms with Gasteiger partial charge in [0, 0.05) is 26.9 Å². The second-order valence-corrected chi connectivity index (χ2v) is 12.8. The van der Waals surface area contributed by atoms with Gasteiger partial charge in [-0.15, -0.1) is 0 Å². The zero-order valence-electron chi connectivity index (χ0n) is 28.3. The zero-order chi connectivity index (χ0) is 34.9. The Kier molecular flexibility index (Phi) is 18.3. The molecule has 276 valence electrons. The molecule has 2 bridgehead atoms. The molecule has 14 heteroatoms. The van der Waals surface area contributed by atoms with E-state index >= 15 is 0 Å². The Labute approximate surface area is 283 Å². The maximum atomic E-state index is 12.7. The third kappa shape index (κ3) is 13.6. The fourth-order valence-corrected chi connectivity index (χ4v) is 5.95. The Balaban J connectivity index is 1.76. The van der Waals surface area contributed by atoms with Gasteiger partial charge in [-0.1, -0.05) is 57.1 Å². The van der Waals surface area contributed by atoms with E-state index in [2.05, 4.69) is 12.2 Å². The maximum absolute atomic E-state index is 12.7. The van der Waals surface area contributed by atoms with E-state index < -0.39 is 85.9 Å². The highest BCUT2D eigenvalue weighted by Gasteiger charge is 2.52. The lowest BCUT2D eigenvalue weighted by molar-refractivity contribution is -0.367. The summed E-state index contributed by atoms with van der Waals surface area (Å²) < 4.78 is 39.3. The molecule has 4 rings (SSSR count). The molecular formula is C34H56O14. The van der Waals surface area contributed by atoms with E-state index in [9.17, 15) is 34.8 Å². The largest absolute Gasteiger partial charge is 0.463 e. The molecule has 0 aromatic rings. The molecule has 0 aromatic carbocycles. The molecular weight excluding hydrogens is 632 g/mol. The molecule has 48 heavy (non-hydrogen) atoms. The number of hydrogen-bond acceptors (Lipinski definition) is 14. The Morgan fingerprint density at radius 1 is 0.646 bits per heavy atom. The van der Waals surface area contributed by atoms with Crippen molar-refractivity contribution in [2.45, 2.75) is 165 Å². The van der Waals surface area contributed by atoms with Crippen molar-refractivity contribution in [1.82, 2.24) is 0 Å². The Morgan fingerprint density at radius 3 is 1.79 bits per heavy atom. The van der Waals surface area contributed by atoms with Crippen molar-refractivity contribution in [2.24, 2.45) is 0 Å². The molecule has 0 saturated carbocycles. The van der Waals surface area contributed by atoms with Crippen LogP contribution in [-0.2, 0) is 47.5 Å². The Morgan fingerprint density at radius 2 is 1.17 bits per heavy atom. The number of hydrogen-bond donors (Lipinski definition) is 4. The third-order valence-electron chi connectivity index (χ3n) is 8.71. The van der Waals surface area contributed by atoms with E-state index in [0.717, 1.165) is 70.6 Å². The van der Waals surface area contributed by atoms with E-state index in [0.29, 0.717) is 12.8 Å². The average Bonchev–Trinajstić information content (AvgIpc) is 3.04. The van der Waals surface area contributed by atoms with Crippen LogP contribution in [0.2, 0.25) is 0 Å². The average molecular weight is 689 g/mol. The number of rotatable bonds is 4. The summed E-state index contributed by atoms with van der Waals surface area (Å²) in [6, 6.07) is 0. The fourth-order valence-electron chi connectivity index (χ4n) is 5.95. The first-order valence-electron chi connectivity index (χ1n) is 17.5. The minimum atomic E-state index is -1.78. The number of ether oxygens (including phenoxy) is 7. The van der Waals surface area contributed by atoms with Gasteiger partial charge in [0.25, 0.3) is 0 Å². The van der Waals surface area contributed by atoms with Crippen molar-refractivity contribution in [3.05, 3.63) is 12.2 Å². The summed E-state index contributed by atoms with van der Waals surface area (Å²) in [5, 5.41) is 44.0. The minimum absolute atomic E-state index is 0.0937. The molecule has 2 saturated heterocycles. The monoisotopic (exact) mass is 688 g/mol. The van der Waals surface area contributed by atoms with Crippen LogP contribution in [0.3, 0.4) is 0 Å². The van der Waals surface area contributed by atoms with Crippen LogP contribution < -0.4 is 0 Å². The molecule has 0 radical (unpaired) electrons. The first-order chi connectivity index (χ1) is 23.1. The van der Waals surface area contributed by atoms with Crippen molar-refractivity contribution in [2.75, 3.05) is 19.8 Å². The lowest BCUT2D eigenvalue weighted by Crippen LogP contribution is -2.65. The van der Waals surface area contributed by atoms with Crippen LogP contribution in [0.25, 0.3) is 0 Å². The van der Waals surface area contributed by atoms with Gasteiger partial charge in [-0.2, -0.15) is 0 Å². The van der Waals surface area contributed by atoms with Gasteiger partial charge in [0.15, 0.2) is 18.7 Å². The number of esters is 3. The van der Waals surface area contributed by atoms with Gasteiger partial charge < -0.3 is 53.6 Å². The summed E-state index contributed by atoms with van der Waals surface area (Å²) in [6.45, 7) is 1.82. The summed E-state index contributed by atoms with van der Waals surface area (Å²) in [4.78, 5) is 35.8. The van der Waals surface area contributed by atoms with Crippen molar-refractivity contribution in [3.63, 3.8) is 0 Å². The topological polar surface area (TPSA) is 197 Å². The van der Waals surface area contributed by atoms with Gasteiger partial charge in [0.05, 0.1) is 0 Å². The number of aliphatic hydroxyl groups excluding tert-OH is 4. The van der Waals surface area contributed by atoms with Gasteiger partial charge in [-0.25, -0.2) is 0 Å². The molecule has 0 unspecified atom stereocenters. The van der Waals surface area contributed by atoms with Crippen LogP contribution in [0.15, 0.2) is 12.2 Å². The van der Waals surface area contributed by atoms with E-state index in [4.69, 9.17) is 33.2 Å². The van der Waals surface area contributed by atoms with Gasteiger partial charge in [-0.05, 0) is 38.5 Å². The number of fused-ring (bicyclic) bond motifs is 20. The van der Waals surface area contributed by atoms with Crippen LogP contribution in [-0.4, -0.2) is 120 Å². The van der Waals surface area contributed by atoms with Crippen LogP contribution in [0.4, 0.5) is 0 Å². The maximum Gasteiger partial charge on any atom is 0.306 e. The summed E-state index contributed by atoms with van der Waals surface area (Å²) in [5.41, 5.74) is 0. The fraction of sp³-hybridized carbons (Fsp3) is 0.853. The number of carbonyl (C=O) groups is 3. The lowest BCUT2D eigenvalue weighted by Gasteiger charge is -2.46. The predicted molar refractivity (Wildman–Crippen MR) is 169 cm³/mol. The molecule has 0 aromatic heterocycles. The number of aliphatic hydroxyl groups is 4. The van der Waals surface area contributed by atoms with Gasteiger partial charge >= 0.3 is 17.9 Å². The summed E-state index contributed by atoms with van der Waals surface area (Å²) in [7, 11) is 0. The highest BCUT2D eigenvalue weighted by atomic mass is 16.8.